The molecule has 0 amide bonds. The Labute approximate surface area is 44.7 Å². The van der Waals surface area contributed by atoms with Gasteiger partial charge < -0.3 is 0 Å². The summed E-state index contributed by atoms with van der Waals surface area (Å²) in [5.41, 5.74) is 0. The van der Waals surface area contributed by atoms with Crippen LogP contribution in [0, 0.1) is 0 Å². The third kappa shape index (κ3) is 0.924. The van der Waals surface area contributed by atoms with E-state index in [0.717, 1.165) is 6.04 Å². The van der Waals surface area contributed by atoms with E-state index in [2.05, 4.69) is 31.0 Å². The first kappa shape index (κ1) is 5.06. The SMILES string of the molecule is CC1CN1N(C)C. The van der Waals surface area contributed by atoms with Crippen LogP contribution < -0.4 is 0 Å². The summed E-state index contributed by atoms with van der Waals surface area (Å²) in [6.07, 6.45) is 0. The van der Waals surface area contributed by atoms with E-state index in [9.17, 15) is 0 Å². The van der Waals surface area contributed by atoms with E-state index < -0.39 is 0 Å². The lowest BCUT2D eigenvalue weighted by Crippen LogP contribution is -2.20. The third-order valence-electron chi connectivity index (χ3n) is 1.34. The molecule has 0 N–H and O–H groups in total. The molecular weight excluding hydrogens is 88.1 g/mol. The molecule has 2 heteroatoms. The molecule has 0 saturated carbocycles. The molecule has 0 aliphatic carbocycles. The number of hydrazine groups is 1. The molecule has 1 rings (SSSR count). The van der Waals surface area contributed by atoms with Crippen molar-refractivity contribution in [1.29, 1.82) is 0 Å². The Morgan fingerprint density at radius 3 is 2.00 bits per heavy atom. The largest absolute Gasteiger partial charge is 0.248 e. The first-order valence-electron chi connectivity index (χ1n) is 2.65. The summed E-state index contributed by atoms with van der Waals surface area (Å²) < 4.78 is 0. The minimum absolute atomic E-state index is 0.801. The van der Waals surface area contributed by atoms with Crippen molar-refractivity contribution in [3.63, 3.8) is 0 Å². The summed E-state index contributed by atoms with van der Waals surface area (Å²) >= 11 is 0. The molecule has 0 bridgehead atoms. The molecule has 42 valence electrons. The van der Waals surface area contributed by atoms with Gasteiger partial charge >= 0.3 is 0 Å². The highest BCUT2D eigenvalue weighted by Crippen LogP contribution is 2.15. The summed E-state index contributed by atoms with van der Waals surface area (Å²) in [4.78, 5) is 0. The van der Waals surface area contributed by atoms with E-state index >= 15 is 0 Å². The fourth-order valence-corrected chi connectivity index (χ4v) is 0.781. The van der Waals surface area contributed by atoms with Crippen LogP contribution in [-0.2, 0) is 0 Å². The van der Waals surface area contributed by atoms with E-state index in [1.165, 1.54) is 6.54 Å². The standard InChI is InChI=1S/C5H12N2/c1-5-4-7(5)6(2)3/h5H,4H2,1-3H3. The molecule has 0 aromatic carbocycles. The maximum absolute atomic E-state index is 2.29. The lowest BCUT2D eigenvalue weighted by atomic mass is 10.6. The van der Waals surface area contributed by atoms with Crippen molar-refractivity contribution < 1.29 is 0 Å². The fraction of sp³-hybridized carbons (Fsp3) is 1.00. The van der Waals surface area contributed by atoms with Crippen molar-refractivity contribution in [2.24, 2.45) is 0 Å². The number of nitrogens with zero attached hydrogens (tertiary/aromatic N) is 2. The van der Waals surface area contributed by atoms with Gasteiger partial charge in [-0.25, -0.2) is 10.0 Å². The number of hydrogen-bond acceptors (Lipinski definition) is 2. The van der Waals surface area contributed by atoms with Crippen LogP contribution >= 0.6 is 0 Å². The summed E-state index contributed by atoms with van der Waals surface area (Å²) in [6, 6.07) is 0.801. The summed E-state index contributed by atoms with van der Waals surface area (Å²) in [5, 5.41) is 4.42. The van der Waals surface area contributed by atoms with Gasteiger partial charge in [-0.2, -0.15) is 0 Å². The van der Waals surface area contributed by atoms with Crippen LogP contribution in [0.15, 0.2) is 0 Å². The van der Waals surface area contributed by atoms with Gasteiger partial charge in [0.25, 0.3) is 0 Å². The highest BCUT2D eigenvalue weighted by Gasteiger charge is 2.30. The predicted octanol–water partition coefficient (Wildman–Crippen LogP) is 0.167. The van der Waals surface area contributed by atoms with Gasteiger partial charge in [-0.3, -0.25) is 0 Å². The maximum atomic E-state index is 2.29. The average Bonchev–Trinajstić information content (AvgIpc) is 2.17. The number of hydrogen-bond donors (Lipinski definition) is 0. The average molecular weight is 100 g/mol. The monoisotopic (exact) mass is 100 g/mol. The van der Waals surface area contributed by atoms with Gasteiger partial charge in [0.1, 0.15) is 0 Å². The second-order valence-electron chi connectivity index (χ2n) is 2.32. The van der Waals surface area contributed by atoms with Crippen LogP contribution in [0.4, 0.5) is 0 Å². The van der Waals surface area contributed by atoms with Gasteiger partial charge in [0.05, 0.1) is 0 Å². The molecule has 1 fully saturated rings. The van der Waals surface area contributed by atoms with Gasteiger partial charge in [-0.1, -0.05) is 0 Å². The highest BCUT2D eigenvalue weighted by atomic mass is 15.7. The van der Waals surface area contributed by atoms with E-state index in [0.29, 0.717) is 0 Å². The van der Waals surface area contributed by atoms with Crippen LogP contribution in [0.3, 0.4) is 0 Å². The van der Waals surface area contributed by atoms with Crippen LogP contribution in [-0.4, -0.2) is 36.7 Å². The fourth-order valence-electron chi connectivity index (χ4n) is 0.781. The van der Waals surface area contributed by atoms with Crippen LogP contribution in [0.1, 0.15) is 6.92 Å². The molecule has 1 aliphatic rings. The molecule has 2 unspecified atom stereocenters. The molecule has 1 heterocycles. The first-order valence-corrected chi connectivity index (χ1v) is 2.65. The molecule has 0 spiro atoms. The van der Waals surface area contributed by atoms with Gasteiger partial charge in [0.15, 0.2) is 0 Å². The van der Waals surface area contributed by atoms with Crippen molar-refractivity contribution in [2.75, 3.05) is 20.6 Å². The van der Waals surface area contributed by atoms with Crippen molar-refractivity contribution in [3.05, 3.63) is 0 Å². The molecule has 0 aromatic heterocycles. The van der Waals surface area contributed by atoms with Crippen molar-refractivity contribution >= 4 is 0 Å². The molecule has 1 saturated heterocycles. The predicted molar refractivity (Wildman–Crippen MR) is 29.9 cm³/mol. The Hall–Kier alpha value is -0.0800. The Morgan fingerprint density at radius 2 is 2.00 bits per heavy atom. The Balaban J connectivity index is 2.20. The van der Waals surface area contributed by atoms with Crippen molar-refractivity contribution in [1.82, 2.24) is 10.0 Å². The Bertz CT molecular complexity index is 70.5. The second kappa shape index (κ2) is 1.46. The molecule has 2 atom stereocenters. The molecule has 0 radical (unpaired) electrons. The lowest BCUT2D eigenvalue weighted by molar-refractivity contribution is 0.153. The van der Waals surface area contributed by atoms with Crippen LogP contribution in [0.25, 0.3) is 0 Å². The number of rotatable bonds is 1. The summed E-state index contributed by atoms with van der Waals surface area (Å²) in [6.45, 7) is 3.47. The third-order valence-corrected chi connectivity index (χ3v) is 1.34. The lowest BCUT2D eigenvalue weighted by Gasteiger charge is -2.08. The zero-order valence-corrected chi connectivity index (χ0v) is 5.18. The first-order chi connectivity index (χ1) is 3.22. The Kier molecular flexibility index (Phi) is 1.05. The maximum Gasteiger partial charge on any atom is 0.0359 e. The highest BCUT2D eigenvalue weighted by molar-refractivity contribution is 4.79. The normalized spacial score (nSPS) is 39.4. The van der Waals surface area contributed by atoms with Crippen LogP contribution in [0.2, 0.25) is 0 Å². The molecule has 1 aliphatic heterocycles. The second-order valence-corrected chi connectivity index (χ2v) is 2.32. The quantitative estimate of drug-likeness (QED) is 0.433. The van der Waals surface area contributed by atoms with E-state index in [-0.39, 0.29) is 0 Å². The van der Waals surface area contributed by atoms with E-state index in [1.807, 2.05) is 0 Å². The van der Waals surface area contributed by atoms with Gasteiger partial charge in [0, 0.05) is 26.7 Å². The summed E-state index contributed by atoms with van der Waals surface area (Å²) in [5.74, 6) is 0. The minimum atomic E-state index is 0.801. The zero-order chi connectivity index (χ0) is 5.44. The molecular formula is C5H12N2. The molecule has 2 nitrogen and oxygen atoms in total. The van der Waals surface area contributed by atoms with E-state index in [4.69, 9.17) is 0 Å². The van der Waals surface area contributed by atoms with Crippen molar-refractivity contribution in [3.8, 4) is 0 Å². The molecule has 7 heavy (non-hydrogen) atoms. The smallest absolute Gasteiger partial charge is 0.0359 e. The van der Waals surface area contributed by atoms with Gasteiger partial charge in [0.2, 0.25) is 0 Å². The summed E-state index contributed by atoms with van der Waals surface area (Å²) in [7, 11) is 4.15. The topological polar surface area (TPSA) is 6.25 Å². The zero-order valence-electron chi connectivity index (χ0n) is 5.18. The van der Waals surface area contributed by atoms with Gasteiger partial charge in [-0.05, 0) is 6.92 Å². The Morgan fingerprint density at radius 1 is 1.57 bits per heavy atom. The van der Waals surface area contributed by atoms with Crippen LogP contribution in [0.5, 0.6) is 0 Å². The minimum Gasteiger partial charge on any atom is -0.248 e. The van der Waals surface area contributed by atoms with E-state index in [1.54, 1.807) is 0 Å². The van der Waals surface area contributed by atoms with Crippen molar-refractivity contribution in [2.45, 2.75) is 13.0 Å². The molecule has 0 aromatic rings. The van der Waals surface area contributed by atoms with Gasteiger partial charge in [-0.15, -0.1) is 0 Å².